The van der Waals surface area contributed by atoms with Crippen LogP contribution in [0.5, 0.6) is 5.75 Å². The van der Waals surface area contributed by atoms with Gasteiger partial charge in [-0.05, 0) is 6.07 Å². The van der Waals surface area contributed by atoms with E-state index in [1.807, 2.05) is 13.8 Å². The van der Waals surface area contributed by atoms with Crippen molar-refractivity contribution in [3.05, 3.63) is 33.9 Å². The first-order valence-electron chi connectivity index (χ1n) is 6.14. The van der Waals surface area contributed by atoms with Crippen LogP contribution in [-0.4, -0.2) is 30.7 Å². The second-order valence-corrected chi connectivity index (χ2v) is 4.45. The molecule has 0 bridgehead atoms. The van der Waals surface area contributed by atoms with Gasteiger partial charge in [0, 0.05) is 30.3 Å². The highest BCUT2D eigenvalue weighted by Gasteiger charge is 2.13. The van der Waals surface area contributed by atoms with E-state index in [9.17, 15) is 14.9 Å². The van der Waals surface area contributed by atoms with Crippen LogP contribution in [0.1, 0.15) is 19.4 Å². The molecule has 0 unspecified atom stereocenters. The lowest BCUT2D eigenvalue weighted by molar-refractivity contribution is -0.384. The Morgan fingerprint density at radius 2 is 2.15 bits per heavy atom. The minimum atomic E-state index is -0.508. The van der Waals surface area contributed by atoms with E-state index in [0.29, 0.717) is 17.9 Å². The van der Waals surface area contributed by atoms with Crippen LogP contribution in [0, 0.1) is 10.1 Å². The number of carbonyl (C=O) groups excluding carboxylic acids is 1. The molecule has 1 N–H and O–H groups in total. The van der Waals surface area contributed by atoms with Crippen LogP contribution in [0.25, 0.3) is 0 Å². The van der Waals surface area contributed by atoms with Crippen LogP contribution in [0.3, 0.4) is 0 Å². The third-order valence-electron chi connectivity index (χ3n) is 2.53. The van der Waals surface area contributed by atoms with Crippen molar-refractivity contribution >= 4 is 11.7 Å². The summed E-state index contributed by atoms with van der Waals surface area (Å²) in [4.78, 5) is 21.4. The van der Waals surface area contributed by atoms with Crippen LogP contribution in [0.4, 0.5) is 5.69 Å². The van der Waals surface area contributed by atoms with Gasteiger partial charge < -0.3 is 14.8 Å². The number of nitro groups is 1. The van der Waals surface area contributed by atoms with Crippen LogP contribution >= 0.6 is 0 Å². The maximum Gasteiger partial charge on any atom is 0.343 e. The van der Waals surface area contributed by atoms with Crippen LogP contribution < -0.4 is 10.1 Å². The van der Waals surface area contributed by atoms with E-state index in [4.69, 9.17) is 4.74 Å². The topological polar surface area (TPSA) is 90.7 Å². The lowest BCUT2D eigenvalue weighted by Gasteiger charge is -2.13. The van der Waals surface area contributed by atoms with Crippen LogP contribution in [0.15, 0.2) is 18.2 Å². The molecule has 7 nitrogen and oxygen atoms in total. The number of methoxy groups -OCH3 is 1. The lowest BCUT2D eigenvalue weighted by atomic mass is 10.1. The summed E-state index contributed by atoms with van der Waals surface area (Å²) in [5.41, 5.74) is 0.604. The third-order valence-corrected chi connectivity index (χ3v) is 2.53. The van der Waals surface area contributed by atoms with E-state index >= 15 is 0 Å². The molecule has 0 fully saturated rings. The molecule has 0 heterocycles. The molecule has 110 valence electrons. The molecular weight excluding hydrogens is 264 g/mol. The van der Waals surface area contributed by atoms with Gasteiger partial charge in [-0.2, -0.15) is 0 Å². The predicted octanol–water partition coefficient (Wildman–Crippen LogP) is 1.64. The van der Waals surface area contributed by atoms with Crippen molar-refractivity contribution in [1.82, 2.24) is 5.32 Å². The van der Waals surface area contributed by atoms with E-state index in [0.717, 1.165) is 0 Å². The van der Waals surface area contributed by atoms with Gasteiger partial charge in [0.1, 0.15) is 5.75 Å². The Balaban J connectivity index is 2.90. The molecule has 1 aromatic rings. The first-order chi connectivity index (χ1) is 9.43. The molecule has 0 aromatic heterocycles. The number of rotatable bonds is 7. The molecule has 7 heteroatoms. The van der Waals surface area contributed by atoms with Gasteiger partial charge >= 0.3 is 5.97 Å². The summed E-state index contributed by atoms with van der Waals surface area (Å²) in [7, 11) is 1.27. The van der Waals surface area contributed by atoms with Crippen molar-refractivity contribution < 1.29 is 19.2 Å². The smallest absolute Gasteiger partial charge is 0.343 e. The molecule has 1 rings (SSSR count). The first-order valence-corrected chi connectivity index (χ1v) is 6.14. The van der Waals surface area contributed by atoms with Gasteiger partial charge in [0.25, 0.3) is 5.69 Å². The van der Waals surface area contributed by atoms with E-state index < -0.39 is 10.9 Å². The highest BCUT2D eigenvalue weighted by molar-refractivity contribution is 5.71. The van der Waals surface area contributed by atoms with E-state index in [2.05, 4.69) is 10.1 Å². The Bertz CT molecular complexity index is 488. The summed E-state index contributed by atoms with van der Waals surface area (Å²) >= 11 is 0. The summed E-state index contributed by atoms with van der Waals surface area (Å²) < 4.78 is 9.80. The third kappa shape index (κ3) is 4.85. The zero-order valence-corrected chi connectivity index (χ0v) is 11.7. The van der Waals surface area contributed by atoms with Crippen LogP contribution in [0.2, 0.25) is 0 Å². The van der Waals surface area contributed by atoms with Gasteiger partial charge in [-0.15, -0.1) is 0 Å². The number of carbonyl (C=O) groups is 1. The van der Waals surface area contributed by atoms with Crippen molar-refractivity contribution in [2.75, 3.05) is 13.7 Å². The van der Waals surface area contributed by atoms with Crippen molar-refractivity contribution in [2.45, 2.75) is 26.4 Å². The van der Waals surface area contributed by atoms with Gasteiger partial charge in [-0.1, -0.05) is 13.8 Å². The Morgan fingerprint density at radius 3 is 2.70 bits per heavy atom. The van der Waals surface area contributed by atoms with E-state index in [1.54, 1.807) is 0 Å². The van der Waals surface area contributed by atoms with Gasteiger partial charge in [0.2, 0.25) is 0 Å². The average Bonchev–Trinajstić information content (AvgIpc) is 2.42. The molecule has 0 radical (unpaired) electrons. The van der Waals surface area contributed by atoms with Crippen molar-refractivity contribution in [3.63, 3.8) is 0 Å². The SMILES string of the molecule is COC(=O)COc1ccc([N+](=O)[O-])cc1CNC(C)C. The number of nitrogens with zero attached hydrogens (tertiary/aromatic N) is 1. The number of ether oxygens (including phenoxy) is 2. The number of esters is 1. The molecule has 0 aliphatic heterocycles. The van der Waals surface area contributed by atoms with Gasteiger partial charge in [-0.3, -0.25) is 10.1 Å². The minimum absolute atomic E-state index is 0.0176. The molecule has 1 aromatic carbocycles. The summed E-state index contributed by atoms with van der Waals surface area (Å²) in [6.07, 6.45) is 0. The van der Waals surface area contributed by atoms with Crippen molar-refractivity contribution in [3.8, 4) is 5.75 Å². The second kappa shape index (κ2) is 7.44. The number of hydrogen-bond acceptors (Lipinski definition) is 6. The largest absolute Gasteiger partial charge is 0.482 e. The summed E-state index contributed by atoms with van der Waals surface area (Å²) in [5.74, 6) is -0.0831. The van der Waals surface area contributed by atoms with Gasteiger partial charge in [0.15, 0.2) is 6.61 Å². The second-order valence-electron chi connectivity index (χ2n) is 4.45. The zero-order chi connectivity index (χ0) is 15.1. The zero-order valence-electron chi connectivity index (χ0n) is 11.7. The highest BCUT2D eigenvalue weighted by atomic mass is 16.6. The minimum Gasteiger partial charge on any atom is -0.482 e. The Hall–Kier alpha value is -2.15. The monoisotopic (exact) mass is 282 g/mol. The molecule has 0 aliphatic carbocycles. The quantitative estimate of drug-likeness (QED) is 0.464. The summed E-state index contributed by atoms with van der Waals surface area (Å²) in [6, 6.07) is 4.48. The molecule has 0 atom stereocenters. The molecule has 0 saturated heterocycles. The number of benzene rings is 1. The Morgan fingerprint density at radius 1 is 1.45 bits per heavy atom. The molecule has 0 aliphatic rings. The van der Waals surface area contributed by atoms with Crippen LogP contribution in [-0.2, 0) is 16.1 Å². The fraction of sp³-hybridized carbons (Fsp3) is 0.462. The number of hydrogen-bond donors (Lipinski definition) is 1. The Labute approximate surface area is 117 Å². The first kappa shape index (κ1) is 15.9. The van der Waals surface area contributed by atoms with E-state index in [1.165, 1.54) is 25.3 Å². The predicted molar refractivity (Wildman–Crippen MR) is 72.6 cm³/mol. The number of nitro benzene ring substituents is 1. The summed E-state index contributed by atoms with van der Waals surface area (Å²) in [6.45, 7) is 4.11. The highest BCUT2D eigenvalue weighted by Crippen LogP contribution is 2.24. The average molecular weight is 282 g/mol. The number of non-ortho nitro benzene ring substituents is 1. The normalized spacial score (nSPS) is 10.4. The molecule has 0 amide bonds. The van der Waals surface area contributed by atoms with Gasteiger partial charge in [-0.25, -0.2) is 4.79 Å². The standard InChI is InChI=1S/C13H18N2O5/c1-9(2)14-7-10-6-11(15(17)18)4-5-12(10)20-8-13(16)19-3/h4-6,9,14H,7-8H2,1-3H3. The molecule has 0 spiro atoms. The number of nitrogens with one attached hydrogen (secondary N) is 1. The maximum absolute atomic E-state index is 11.1. The maximum atomic E-state index is 11.1. The summed E-state index contributed by atoms with van der Waals surface area (Å²) in [5, 5.41) is 13.9. The fourth-order valence-electron chi connectivity index (χ4n) is 1.47. The molecular formula is C13H18N2O5. The molecule has 20 heavy (non-hydrogen) atoms. The Kier molecular flexibility index (Phi) is 5.92. The van der Waals surface area contributed by atoms with Crippen molar-refractivity contribution in [2.24, 2.45) is 0 Å². The van der Waals surface area contributed by atoms with E-state index in [-0.39, 0.29) is 18.3 Å². The fourth-order valence-corrected chi connectivity index (χ4v) is 1.47. The lowest BCUT2D eigenvalue weighted by Crippen LogP contribution is -2.22. The van der Waals surface area contributed by atoms with Crippen molar-refractivity contribution in [1.29, 1.82) is 0 Å². The van der Waals surface area contributed by atoms with Gasteiger partial charge in [0.05, 0.1) is 12.0 Å². The molecule has 0 saturated carbocycles.